The van der Waals surface area contributed by atoms with Crippen LogP contribution < -0.4 is 9.80 Å². The van der Waals surface area contributed by atoms with E-state index in [1.54, 1.807) is 0 Å². The van der Waals surface area contributed by atoms with Gasteiger partial charge in [0, 0.05) is 44.9 Å². The average molecular weight is 695 g/mol. The molecule has 0 saturated heterocycles. The van der Waals surface area contributed by atoms with Crippen LogP contribution in [0.2, 0.25) is 0 Å². The van der Waals surface area contributed by atoms with Crippen molar-refractivity contribution in [3.05, 3.63) is 203 Å². The van der Waals surface area contributed by atoms with Gasteiger partial charge in [-0.25, -0.2) is 0 Å². The van der Waals surface area contributed by atoms with Crippen molar-refractivity contribution in [3.63, 3.8) is 0 Å². The van der Waals surface area contributed by atoms with Crippen LogP contribution in [0, 0.1) is 0 Å². The van der Waals surface area contributed by atoms with Crippen LogP contribution in [0.1, 0.15) is 79.0 Å². The van der Waals surface area contributed by atoms with Crippen LogP contribution in [0.5, 0.6) is 0 Å². The summed E-state index contributed by atoms with van der Waals surface area (Å²) in [4.78, 5) is 5.03. The van der Waals surface area contributed by atoms with Gasteiger partial charge >= 0.3 is 0 Å². The zero-order valence-electron chi connectivity index (χ0n) is 31.3. The standard InChI is InChI=1S/C52H42N2/c1-32-42-16-10-17-44-48(42)54-49-43(32)30-38(31-47(49)52(4,5)46-19-11-18-45(50(46)54)51(44,2)3)35-20-24-39(25-21-35)53(40-26-22-33-12-6-8-14-36(33)28-40)41-27-23-34-13-7-9-15-37(34)29-41/h6-20,22-31,35H,1,21H2,2-5H3. The normalized spacial score (nSPS) is 18.1. The Morgan fingerprint density at radius 2 is 1.11 bits per heavy atom. The smallest absolute Gasteiger partial charge is 0.0581 e. The first-order valence-electron chi connectivity index (χ1n) is 19.3. The number of fused-ring (bicyclic) bond motifs is 2. The average Bonchev–Trinajstić information content (AvgIpc) is 3.20. The van der Waals surface area contributed by atoms with Crippen LogP contribution in [0.3, 0.4) is 0 Å². The van der Waals surface area contributed by atoms with E-state index < -0.39 is 0 Å². The van der Waals surface area contributed by atoms with Gasteiger partial charge in [-0.1, -0.05) is 150 Å². The summed E-state index contributed by atoms with van der Waals surface area (Å²) in [5, 5.41) is 4.98. The van der Waals surface area contributed by atoms with E-state index in [4.69, 9.17) is 6.58 Å². The first kappa shape index (κ1) is 31.4. The number of allylic oxidation sites excluding steroid dienone is 3. The van der Waals surface area contributed by atoms with Gasteiger partial charge in [-0.2, -0.15) is 0 Å². The maximum absolute atomic E-state index is 4.81. The second-order valence-electron chi connectivity index (χ2n) is 16.7. The highest BCUT2D eigenvalue weighted by atomic mass is 15.2. The molecule has 1 atom stereocenters. The molecule has 0 N–H and O–H groups in total. The van der Waals surface area contributed by atoms with Crippen molar-refractivity contribution in [1.29, 1.82) is 0 Å². The third-order valence-corrected chi connectivity index (χ3v) is 13.0. The lowest BCUT2D eigenvalue weighted by molar-refractivity contribution is 0.595. The summed E-state index contributed by atoms with van der Waals surface area (Å²) < 4.78 is 0. The summed E-state index contributed by atoms with van der Waals surface area (Å²) in [7, 11) is 0. The predicted molar refractivity (Wildman–Crippen MR) is 228 cm³/mol. The molecule has 7 aromatic rings. The number of nitrogens with zero attached hydrogens (tertiary/aromatic N) is 2. The number of rotatable bonds is 4. The van der Waals surface area contributed by atoms with E-state index in [2.05, 4.69) is 189 Å². The van der Waals surface area contributed by atoms with Gasteiger partial charge < -0.3 is 9.80 Å². The number of anilines is 5. The fourth-order valence-electron chi connectivity index (χ4n) is 10.0. The molecule has 0 fully saturated rings. The number of hydrogen-bond acceptors (Lipinski definition) is 2. The maximum atomic E-state index is 4.81. The van der Waals surface area contributed by atoms with Crippen molar-refractivity contribution >= 4 is 55.6 Å². The molecule has 0 saturated carbocycles. The van der Waals surface area contributed by atoms with Crippen LogP contribution in [-0.4, -0.2) is 0 Å². The lowest BCUT2D eigenvalue weighted by Gasteiger charge is -2.52. The number of para-hydroxylation sites is 2. The molecular weight excluding hydrogens is 653 g/mol. The molecule has 54 heavy (non-hydrogen) atoms. The molecule has 1 unspecified atom stereocenters. The second-order valence-corrected chi connectivity index (χ2v) is 16.7. The summed E-state index contributed by atoms with van der Waals surface area (Å²) in [6.45, 7) is 14.4. The van der Waals surface area contributed by atoms with Crippen molar-refractivity contribution in [3.8, 4) is 0 Å². The summed E-state index contributed by atoms with van der Waals surface area (Å²) in [6, 6.07) is 49.7. The van der Waals surface area contributed by atoms with Crippen LogP contribution in [-0.2, 0) is 10.8 Å². The quantitative estimate of drug-likeness (QED) is 0.181. The van der Waals surface area contributed by atoms with Gasteiger partial charge in [0.1, 0.15) is 0 Å². The molecule has 0 spiro atoms. The van der Waals surface area contributed by atoms with Crippen molar-refractivity contribution in [2.24, 2.45) is 0 Å². The van der Waals surface area contributed by atoms with E-state index in [0.717, 1.165) is 23.4 Å². The highest BCUT2D eigenvalue weighted by Gasteiger charge is 2.49. The fraction of sp³-hybridized carbons (Fsp3) is 0.154. The lowest BCUT2D eigenvalue weighted by Crippen LogP contribution is -2.40. The first-order chi connectivity index (χ1) is 26.2. The Kier molecular flexibility index (Phi) is 6.38. The van der Waals surface area contributed by atoms with Crippen LogP contribution in [0.25, 0.3) is 27.1 Å². The van der Waals surface area contributed by atoms with E-state index in [1.807, 2.05) is 0 Å². The number of hydrogen-bond donors (Lipinski definition) is 0. The Morgan fingerprint density at radius 3 is 1.72 bits per heavy atom. The first-order valence-corrected chi connectivity index (χ1v) is 19.3. The molecule has 3 aliphatic heterocycles. The summed E-state index contributed by atoms with van der Waals surface area (Å²) in [5.41, 5.74) is 17.8. The molecule has 1 aliphatic carbocycles. The van der Waals surface area contributed by atoms with Crippen molar-refractivity contribution < 1.29 is 0 Å². The minimum atomic E-state index is -0.176. The van der Waals surface area contributed by atoms with E-state index in [9.17, 15) is 0 Å². The highest BCUT2D eigenvalue weighted by molar-refractivity contribution is 6.07. The Bertz CT molecular complexity index is 2770. The van der Waals surface area contributed by atoms with E-state index >= 15 is 0 Å². The molecule has 0 bridgehead atoms. The SMILES string of the molecule is C=C1c2cccc3c2N2c4c1cc(C1C=CC(N(c5ccc6ccccc6c5)c5ccc6ccccc6c5)=CC1)cc4C(C)(C)c1cccc(c12)C3(C)C. The minimum absolute atomic E-state index is 0.108. The highest BCUT2D eigenvalue weighted by Crippen LogP contribution is 2.65. The molecule has 0 amide bonds. The molecule has 260 valence electrons. The Labute approximate surface area is 318 Å². The van der Waals surface area contributed by atoms with Gasteiger partial charge in [-0.3, -0.25) is 0 Å². The zero-order valence-corrected chi connectivity index (χ0v) is 31.3. The molecule has 2 heteroatoms. The van der Waals surface area contributed by atoms with E-state index in [0.29, 0.717) is 0 Å². The molecule has 0 aromatic heterocycles. The summed E-state index contributed by atoms with van der Waals surface area (Å²) in [6.07, 6.45) is 8.13. The lowest BCUT2D eigenvalue weighted by atomic mass is 9.63. The van der Waals surface area contributed by atoms with Crippen molar-refractivity contribution in [2.45, 2.75) is 50.9 Å². The molecule has 0 radical (unpaired) electrons. The zero-order chi connectivity index (χ0) is 36.5. The van der Waals surface area contributed by atoms with Crippen molar-refractivity contribution in [1.82, 2.24) is 0 Å². The van der Waals surface area contributed by atoms with Crippen LogP contribution in [0.15, 0.2) is 164 Å². The summed E-state index contributed by atoms with van der Waals surface area (Å²) in [5.74, 6) is 0.245. The second kappa shape index (κ2) is 11.0. The van der Waals surface area contributed by atoms with Gasteiger partial charge in [-0.05, 0) is 97.8 Å². The molecular formula is C52H42N2. The van der Waals surface area contributed by atoms with Crippen LogP contribution >= 0.6 is 0 Å². The maximum Gasteiger partial charge on any atom is 0.0581 e. The third-order valence-electron chi connectivity index (χ3n) is 13.0. The summed E-state index contributed by atoms with van der Waals surface area (Å²) >= 11 is 0. The minimum Gasteiger partial charge on any atom is -0.311 e. The monoisotopic (exact) mass is 694 g/mol. The predicted octanol–water partition coefficient (Wildman–Crippen LogP) is 13.9. The Balaban J connectivity index is 1.03. The van der Waals surface area contributed by atoms with Gasteiger partial charge in [0.25, 0.3) is 0 Å². The Morgan fingerprint density at radius 1 is 0.556 bits per heavy atom. The molecule has 11 rings (SSSR count). The Hall–Kier alpha value is -6.12. The van der Waals surface area contributed by atoms with Gasteiger partial charge in [-0.15, -0.1) is 0 Å². The molecule has 2 nitrogen and oxygen atoms in total. The topological polar surface area (TPSA) is 6.48 Å². The van der Waals surface area contributed by atoms with E-state index in [1.165, 1.54) is 83.2 Å². The fourth-order valence-corrected chi connectivity index (χ4v) is 10.0. The number of benzene rings is 7. The molecule has 3 heterocycles. The van der Waals surface area contributed by atoms with Gasteiger partial charge in [0.05, 0.1) is 17.1 Å². The largest absolute Gasteiger partial charge is 0.311 e. The molecule has 7 aromatic carbocycles. The third kappa shape index (κ3) is 4.23. The van der Waals surface area contributed by atoms with Gasteiger partial charge in [0.2, 0.25) is 0 Å². The van der Waals surface area contributed by atoms with E-state index in [-0.39, 0.29) is 16.7 Å². The van der Waals surface area contributed by atoms with Crippen LogP contribution in [0.4, 0.5) is 28.4 Å². The molecule has 4 aliphatic rings. The van der Waals surface area contributed by atoms with Crippen molar-refractivity contribution in [2.75, 3.05) is 9.80 Å². The van der Waals surface area contributed by atoms with Gasteiger partial charge in [0.15, 0.2) is 0 Å².